The molecule has 12 nitrogen and oxygen atoms in total. The number of nitrogens with one attached hydrogen (secondary N) is 2. The number of benzene rings is 2. The lowest BCUT2D eigenvalue weighted by molar-refractivity contribution is -0.149. The van der Waals surface area contributed by atoms with Crippen LogP contribution in [0.1, 0.15) is 60.6 Å². The molecule has 0 radical (unpaired) electrons. The average Bonchev–Trinajstić information content (AvgIpc) is 3.79. The first-order chi connectivity index (χ1) is 23.2. The van der Waals surface area contributed by atoms with E-state index in [1.165, 1.54) is 28.9 Å². The quantitative estimate of drug-likeness (QED) is 0.274. The van der Waals surface area contributed by atoms with Gasteiger partial charge in [0.25, 0.3) is 5.91 Å². The van der Waals surface area contributed by atoms with Gasteiger partial charge in [0.1, 0.15) is 23.6 Å². The summed E-state index contributed by atoms with van der Waals surface area (Å²) in [7, 11) is -5.82. The number of rotatable bonds is 7. The summed E-state index contributed by atoms with van der Waals surface area (Å²) >= 11 is 0. The van der Waals surface area contributed by atoms with Crippen LogP contribution in [0.3, 0.4) is 0 Å². The first kappa shape index (κ1) is 34.7. The first-order valence-corrected chi connectivity index (χ1v) is 17.8. The molecule has 0 saturated carbocycles. The molecule has 0 spiro atoms. The van der Waals surface area contributed by atoms with Gasteiger partial charge in [0.05, 0.1) is 0 Å². The molecule has 3 aliphatic rings. The highest BCUT2D eigenvalue weighted by Crippen LogP contribution is 2.59. The lowest BCUT2D eigenvalue weighted by Gasteiger charge is -2.39. The van der Waals surface area contributed by atoms with Crippen molar-refractivity contribution < 1.29 is 46.7 Å². The molecule has 16 heteroatoms. The second-order valence-electron chi connectivity index (χ2n) is 13.0. The second-order valence-corrected chi connectivity index (χ2v) is 14.6. The minimum absolute atomic E-state index is 0.0750. The maximum absolute atomic E-state index is 14.5. The summed E-state index contributed by atoms with van der Waals surface area (Å²) in [6, 6.07) is 7.87. The molecular formula is C33H37F3N5O7P. The molecule has 3 fully saturated rings. The fourth-order valence-electron chi connectivity index (χ4n) is 7.30. The molecule has 4 amide bonds. The lowest BCUT2D eigenvalue weighted by Crippen LogP contribution is -2.61. The number of aromatic nitrogens is 1. The maximum Gasteiger partial charge on any atom is 0.399 e. The van der Waals surface area contributed by atoms with Crippen LogP contribution in [0.2, 0.25) is 0 Å². The number of halogens is 3. The van der Waals surface area contributed by atoms with E-state index in [0.717, 1.165) is 24.6 Å². The number of hydrogen-bond acceptors (Lipinski definition) is 5. The highest BCUT2D eigenvalue weighted by atomic mass is 31.2. The van der Waals surface area contributed by atoms with Gasteiger partial charge < -0.3 is 34.8 Å². The van der Waals surface area contributed by atoms with E-state index >= 15 is 0 Å². The molecule has 0 aliphatic carbocycles. The van der Waals surface area contributed by atoms with Crippen LogP contribution in [0.15, 0.2) is 48.5 Å². The lowest BCUT2D eigenvalue weighted by atomic mass is 10.0. The fourth-order valence-corrected chi connectivity index (χ4v) is 7.78. The second kappa shape index (κ2) is 13.3. The van der Waals surface area contributed by atoms with E-state index in [0.29, 0.717) is 50.8 Å². The van der Waals surface area contributed by atoms with Gasteiger partial charge in [-0.25, -0.2) is 4.39 Å². The summed E-state index contributed by atoms with van der Waals surface area (Å²) < 4.78 is 54.5. The van der Waals surface area contributed by atoms with Crippen LogP contribution in [0.4, 0.5) is 13.2 Å². The van der Waals surface area contributed by atoms with Crippen molar-refractivity contribution in [3.8, 4) is 0 Å². The zero-order chi connectivity index (χ0) is 35.2. The molecule has 4 N–H and O–H groups in total. The van der Waals surface area contributed by atoms with Crippen molar-refractivity contribution in [1.29, 1.82) is 0 Å². The molecule has 3 aliphatic heterocycles. The van der Waals surface area contributed by atoms with Crippen molar-refractivity contribution in [2.75, 3.05) is 19.6 Å². The minimum Gasteiger partial charge on any atom is -0.351 e. The predicted octanol–water partition coefficient (Wildman–Crippen LogP) is 3.48. The van der Waals surface area contributed by atoms with Gasteiger partial charge in [0.2, 0.25) is 17.7 Å². The summed E-state index contributed by atoms with van der Waals surface area (Å²) in [6.07, 6.45) is 3.13. The monoisotopic (exact) mass is 703 g/mol. The average molecular weight is 704 g/mol. The molecule has 4 atom stereocenters. The molecule has 0 bridgehead atoms. The Kier molecular flexibility index (Phi) is 9.38. The molecule has 3 saturated heterocycles. The standard InChI is InChI=1S/C33H37F3N5O7P/c1-19(42)39-14-12-23-9-11-29(32(45)40-13-4-6-24(40)16-20-5-2-3-7-25(20)34)41(23)31(44)28(18-39)38-30(43)27-17-21-15-22(8-10-26(21)37-27)33(35,36)49(46,47)48/h2-3,5,7-8,10,15,17,23-24,28-29,37H,4,6,9,11-14,16,18H2,1H3,(H,38,43)(H2,46,47,48)/t23-,24?,28+,29+/m1/s1. The van der Waals surface area contributed by atoms with E-state index in [9.17, 15) is 36.9 Å². The van der Waals surface area contributed by atoms with Gasteiger partial charge in [-0.2, -0.15) is 8.78 Å². The number of aromatic amines is 1. The molecule has 4 heterocycles. The number of H-pyrrole nitrogens is 1. The van der Waals surface area contributed by atoms with Crippen molar-refractivity contribution in [3.63, 3.8) is 0 Å². The third-order valence-electron chi connectivity index (χ3n) is 9.88. The van der Waals surface area contributed by atoms with E-state index in [1.54, 1.807) is 23.1 Å². The van der Waals surface area contributed by atoms with Gasteiger partial charge in [-0.3, -0.25) is 23.7 Å². The molecule has 262 valence electrons. The molecular weight excluding hydrogens is 666 g/mol. The van der Waals surface area contributed by atoms with E-state index in [1.807, 2.05) is 0 Å². The number of fused-ring (bicyclic) bond motifs is 2. The van der Waals surface area contributed by atoms with Crippen molar-refractivity contribution in [3.05, 3.63) is 71.2 Å². The Labute approximate surface area is 279 Å². The summed E-state index contributed by atoms with van der Waals surface area (Å²) in [5.74, 6) is -2.20. The smallest absolute Gasteiger partial charge is 0.351 e. The van der Waals surface area contributed by atoms with Gasteiger partial charge in [-0.05, 0) is 68.4 Å². The predicted molar refractivity (Wildman–Crippen MR) is 171 cm³/mol. The van der Waals surface area contributed by atoms with Crippen LogP contribution < -0.4 is 5.32 Å². The summed E-state index contributed by atoms with van der Waals surface area (Å²) in [4.78, 5) is 80.1. The topological polar surface area (TPSA) is 163 Å². The molecule has 3 aromatic rings. The number of alkyl halides is 2. The third kappa shape index (κ3) is 6.71. The molecule has 1 unspecified atom stereocenters. The molecule has 2 aromatic carbocycles. The molecule has 49 heavy (non-hydrogen) atoms. The van der Waals surface area contributed by atoms with Crippen LogP contribution >= 0.6 is 7.60 Å². The van der Waals surface area contributed by atoms with Crippen LogP contribution in [-0.4, -0.2) is 96.9 Å². The Bertz CT molecular complexity index is 1850. The van der Waals surface area contributed by atoms with E-state index in [-0.39, 0.29) is 52.9 Å². The highest BCUT2D eigenvalue weighted by molar-refractivity contribution is 7.52. The van der Waals surface area contributed by atoms with Crippen molar-refractivity contribution in [1.82, 2.24) is 25.0 Å². The Morgan fingerprint density at radius 1 is 1.04 bits per heavy atom. The number of carbonyl (C=O) groups excluding carboxylic acids is 4. The van der Waals surface area contributed by atoms with Crippen LogP contribution in [0.25, 0.3) is 10.9 Å². The Morgan fingerprint density at radius 2 is 1.80 bits per heavy atom. The molecule has 6 rings (SSSR count). The van der Waals surface area contributed by atoms with Crippen LogP contribution in [0.5, 0.6) is 0 Å². The SMILES string of the molecule is CC(=O)N1CC[C@H]2CC[C@@H](C(=O)N3CCCC3Cc3ccccc3F)N2C(=O)[C@@H](NC(=O)c2cc3cc(C(F)(F)P(=O)(O)O)ccc3[nH]2)C1. The Balaban J connectivity index is 1.24. The van der Waals surface area contributed by atoms with Crippen molar-refractivity contribution in [2.24, 2.45) is 0 Å². The number of hydrogen-bond donors (Lipinski definition) is 4. The summed E-state index contributed by atoms with van der Waals surface area (Å²) in [5, 5.41) is 2.74. The zero-order valence-electron chi connectivity index (χ0n) is 26.7. The van der Waals surface area contributed by atoms with Gasteiger partial charge in [-0.15, -0.1) is 0 Å². The fraction of sp³-hybridized carbons (Fsp3) is 0.455. The minimum atomic E-state index is -5.82. The maximum atomic E-state index is 14.5. The van der Waals surface area contributed by atoms with Crippen molar-refractivity contribution in [2.45, 2.75) is 75.3 Å². The highest BCUT2D eigenvalue weighted by Gasteiger charge is 2.51. The number of likely N-dealkylation sites (tertiary alicyclic amines) is 1. The Hall–Kier alpha value is -4.20. The Morgan fingerprint density at radius 3 is 2.51 bits per heavy atom. The van der Waals surface area contributed by atoms with E-state index in [2.05, 4.69) is 10.3 Å². The van der Waals surface area contributed by atoms with E-state index < -0.39 is 42.7 Å². The number of carbonyl (C=O) groups is 4. The number of amides is 4. The van der Waals surface area contributed by atoms with E-state index in [4.69, 9.17) is 9.79 Å². The summed E-state index contributed by atoms with van der Waals surface area (Å²) in [6.45, 7) is 1.96. The van der Waals surface area contributed by atoms with Gasteiger partial charge >= 0.3 is 13.3 Å². The largest absolute Gasteiger partial charge is 0.399 e. The first-order valence-electron chi connectivity index (χ1n) is 16.1. The molecule has 1 aromatic heterocycles. The van der Waals surface area contributed by atoms with Crippen LogP contribution in [0, 0.1) is 5.82 Å². The van der Waals surface area contributed by atoms with Crippen molar-refractivity contribution >= 4 is 42.1 Å². The van der Waals surface area contributed by atoms with Gasteiger partial charge in [-0.1, -0.05) is 24.3 Å². The third-order valence-corrected chi connectivity index (χ3v) is 10.9. The normalized spacial score (nSPS) is 23.4. The van der Waals surface area contributed by atoms with Gasteiger partial charge in [0, 0.05) is 55.1 Å². The number of nitrogens with zero attached hydrogens (tertiary/aromatic N) is 3. The van der Waals surface area contributed by atoms with Gasteiger partial charge in [0.15, 0.2) is 0 Å². The zero-order valence-corrected chi connectivity index (χ0v) is 27.5. The summed E-state index contributed by atoms with van der Waals surface area (Å²) in [5.41, 5.74) is -4.76. The van der Waals surface area contributed by atoms with Crippen LogP contribution in [-0.2, 0) is 31.0 Å².